The lowest BCUT2D eigenvalue weighted by Crippen LogP contribution is -2.49. The molecule has 5 aliphatic rings. The molecule has 5 rings (SSSR count). The van der Waals surface area contributed by atoms with Crippen LogP contribution >= 0.6 is 0 Å². The van der Waals surface area contributed by atoms with Gasteiger partial charge in [-0.2, -0.15) is 0 Å². The number of amides is 1. The largest absolute Gasteiger partial charge is 0.322 e. The van der Waals surface area contributed by atoms with Gasteiger partial charge in [0.1, 0.15) is 0 Å². The molecule has 4 aliphatic carbocycles. The van der Waals surface area contributed by atoms with Crippen molar-refractivity contribution in [1.29, 1.82) is 0 Å². The van der Waals surface area contributed by atoms with Crippen LogP contribution < -0.4 is 5.32 Å². The van der Waals surface area contributed by atoms with E-state index < -0.39 is 0 Å². The Labute approximate surface area is 121 Å². The Hall–Kier alpha value is -0.570. The fraction of sp³-hybridized carbons (Fsp3) is 0.941. The third-order valence-corrected chi connectivity index (χ3v) is 7.02. The van der Waals surface area contributed by atoms with E-state index in [-0.39, 0.29) is 5.54 Å². The zero-order valence-corrected chi connectivity index (χ0v) is 12.3. The molecule has 2 bridgehead atoms. The van der Waals surface area contributed by atoms with Gasteiger partial charge in [0.2, 0.25) is 5.91 Å². The second kappa shape index (κ2) is 4.00. The van der Waals surface area contributed by atoms with Crippen LogP contribution in [0.4, 0.5) is 0 Å². The van der Waals surface area contributed by atoms with Crippen molar-refractivity contribution >= 4 is 5.91 Å². The van der Waals surface area contributed by atoms with Crippen molar-refractivity contribution in [2.24, 2.45) is 17.8 Å². The molecule has 0 aromatic carbocycles. The first-order valence-electron chi connectivity index (χ1n) is 8.87. The Morgan fingerprint density at radius 1 is 1.00 bits per heavy atom. The normalized spacial score (nSPS) is 46.0. The third kappa shape index (κ3) is 1.53. The van der Waals surface area contributed by atoms with Gasteiger partial charge >= 0.3 is 0 Å². The van der Waals surface area contributed by atoms with Crippen molar-refractivity contribution in [3.63, 3.8) is 0 Å². The number of carbonyl (C=O) groups is 1. The number of hydrogen-bond acceptors (Lipinski definition) is 2. The van der Waals surface area contributed by atoms with Gasteiger partial charge in [0.15, 0.2) is 0 Å². The van der Waals surface area contributed by atoms with Crippen molar-refractivity contribution in [1.82, 2.24) is 10.2 Å². The van der Waals surface area contributed by atoms with Gasteiger partial charge in [-0.25, -0.2) is 0 Å². The van der Waals surface area contributed by atoms with E-state index in [1.165, 1.54) is 51.4 Å². The molecule has 4 saturated carbocycles. The highest BCUT2D eigenvalue weighted by molar-refractivity contribution is 5.92. The highest BCUT2D eigenvalue weighted by atomic mass is 16.2. The number of nitrogens with zero attached hydrogens (tertiary/aromatic N) is 1. The highest BCUT2D eigenvalue weighted by Gasteiger charge is 2.63. The van der Waals surface area contributed by atoms with E-state index in [0.717, 1.165) is 30.6 Å². The SMILES string of the molecule is O=C1N(C2CC3CCC2C3)C(C2CCCC2)NC12CC2. The van der Waals surface area contributed by atoms with Gasteiger partial charge in [0, 0.05) is 6.04 Å². The van der Waals surface area contributed by atoms with E-state index in [1.807, 2.05) is 0 Å². The Kier molecular flexibility index (Phi) is 2.40. The van der Waals surface area contributed by atoms with Gasteiger partial charge in [-0.15, -0.1) is 0 Å². The molecule has 4 unspecified atom stereocenters. The van der Waals surface area contributed by atoms with Crippen LogP contribution in [-0.4, -0.2) is 28.6 Å². The summed E-state index contributed by atoms with van der Waals surface area (Å²) in [6.07, 6.45) is 13.5. The molecule has 0 radical (unpaired) electrons. The first kappa shape index (κ1) is 12.0. The molecule has 1 aliphatic heterocycles. The topological polar surface area (TPSA) is 32.3 Å². The maximum Gasteiger partial charge on any atom is 0.244 e. The number of carbonyl (C=O) groups excluding carboxylic acids is 1. The van der Waals surface area contributed by atoms with Crippen LogP contribution in [0.2, 0.25) is 0 Å². The molecular formula is C17H26N2O. The van der Waals surface area contributed by atoms with Gasteiger partial charge < -0.3 is 4.90 Å². The van der Waals surface area contributed by atoms with E-state index in [1.54, 1.807) is 0 Å². The smallest absolute Gasteiger partial charge is 0.244 e. The molecule has 1 heterocycles. The number of fused-ring (bicyclic) bond motifs is 2. The Morgan fingerprint density at radius 3 is 2.40 bits per heavy atom. The minimum Gasteiger partial charge on any atom is -0.322 e. The lowest BCUT2D eigenvalue weighted by Gasteiger charge is -2.38. The molecule has 5 fully saturated rings. The summed E-state index contributed by atoms with van der Waals surface area (Å²) in [6, 6.07) is 0.583. The molecule has 3 heteroatoms. The molecule has 0 aromatic rings. The monoisotopic (exact) mass is 274 g/mol. The van der Waals surface area contributed by atoms with Crippen LogP contribution in [0.5, 0.6) is 0 Å². The molecule has 1 spiro atoms. The Bertz CT molecular complexity index is 438. The van der Waals surface area contributed by atoms with Crippen LogP contribution in [-0.2, 0) is 4.79 Å². The van der Waals surface area contributed by atoms with Crippen molar-refractivity contribution in [3.05, 3.63) is 0 Å². The quantitative estimate of drug-likeness (QED) is 0.839. The summed E-state index contributed by atoms with van der Waals surface area (Å²) in [7, 11) is 0. The lowest BCUT2D eigenvalue weighted by molar-refractivity contribution is -0.134. The summed E-state index contributed by atoms with van der Waals surface area (Å²) >= 11 is 0. The average Bonchev–Trinajstić information content (AvgIpc) is 2.91. The predicted molar refractivity (Wildman–Crippen MR) is 76.9 cm³/mol. The zero-order chi connectivity index (χ0) is 13.3. The summed E-state index contributed by atoms with van der Waals surface area (Å²) in [5.74, 6) is 2.96. The second-order valence-corrected chi connectivity index (χ2v) is 8.17. The first-order chi connectivity index (χ1) is 9.77. The Balaban J connectivity index is 1.45. The zero-order valence-electron chi connectivity index (χ0n) is 12.3. The average molecular weight is 274 g/mol. The number of rotatable bonds is 2. The standard InChI is InChI=1S/C17H26N2O/c20-16-17(7-8-17)18-15(12-3-1-2-4-12)19(16)14-10-11-5-6-13(14)9-11/h11-15,18H,1-10H2. The summed E-state index contributed by atoms with van der Waals surface area (Å²) in [5, 5.41) is 3.80. The van der Waals surface area contributed by atoms with Crippen LogP contribution in [0.25, 0.3) is 0 Å². The van der Waals surface area contributed by atoms with Crippen molar-refractivity contribution in [2.45, 2.75) is 82.0 Å². The van der Waals surface area contributed by atoms with Crippen LogP contribution in [0, 0.1) is 17.8 Å². The van der Waals surface area contributed by atoms with Crippen molar-refractivity contribution < 1.29 is 4.79 Å². The van der Waals surface area contributed by atoms with Gasteiger partial charge in [-0.05, 0) is 62.7 Å². The maximum atomic E-state index is 13.0. The molecule has 3 nitrogen and oxygen atoms in total. The van der Waals surface area contributed by atoms with Gasteiger partial charge in [-0.3, -0.25) is 10.1 Å². The fourth-order valence-corrected chi connectivity index (χ4v) is 5.80. The molecule has 4 atom stereocenters. The molecule has 20 heavy (non-hydrogen) atoms. The lowest BCUT2D eigenvalue weighted by atomic mass is 9.92. The summed E-state index contributed by atoms with van der Waals surface area (Å²) in [4.78, 5) is 15.4. The third-order valence-electron chi connectivity index (χ3n) is 7.02. The summed E-state index contributed by atoms with van der Waals surface area (Å²) < 4.78 is 0. The van der Waals surface area contributed by atoms with Crippen LogP contribution in [0.3, 0.4) is 0 Å². The Morgan fingerprint density at radius 2 is 1.80 bits per heavy atom. The summed E-state index contributed by atoms with van der Waals surface area (Å²) in [5.41, 5.74) is -0.102. The highest BCUT2D eigenvalue weighted by Crippen LogP contribution is 2.52. The first-order valence-corrected chi connectivity index (χ1v) is 8.87. The van der Waals surface area contributed by atoms with Gasteiger partial charge in [0.05, 0.1) is 11.7 Å². The van der Waals surface area contributed by atoms with E-state index >= 15 is 0 Å². The minimum absolute atomic E-state index is 0.102. The maximum absolute atomic E-state index is 13.0. The van der Waals surface area contributed by atoms with Crippen molar-refractivity contribution in [2.75, 3.05) is 0 Å². The van der Waals surface area contributed by atoms with E-state index in [4.69, 9.17) is 0 Å². The molecule has 1 saturated heterocycles. The second-order valence-electron chi connectivity index (χ2n) is 8.17. The summed E-state index contributed by atoms with van der Waals surface area (Å²) in [6.45, 7) is 0. The van der Waals surface area contributed by atoms with Gasteiger partial charge in [0.25, 0.3) is 0 Å². The van der Waals surface area contributed by atoms with Gasteiger partial charge in [-0.1, -0.05) is 19.3 Å². The van der Waals surface area contributed by atoms with E-state index in [9.17, 15) is 4.79 Å². The van der Waals surface area contributed by atoms with Crippen LogP contribution in [0.1, 0.15) is 64.2 Å². The van der Waals surface area contributed by atoms with E-state index in [0.29, 0.717) is 18.1 Å². The number of nitrogens with one attached hydrogen (secondary N) is 1. The fourth-order valence-electron chi connectivity index (χ4n) is 5.80. The van der Waals surface area contributed by atoms with Crippen LogP contribution in [0.15, 0.2) is 0 Å². The molecule has 1 N–H and O–H groups in total. The number of hydrogen-bond donors (Lipinski definition) is 1. The minimum atomic E-state index is -0.102. The molecule has 1 amide bonds. The molecule has 110 valence electrons. The molecule has 0 aromatic heterocycles. The molecular weight excluding hydrogens is 248 g/mol. The van der Waals surface area contributed by atoms with Crippen molar-refractivity contribution in [3.8, 4) is 0 Å². The predicted octanol–water partition coefficient (Wildman–Crippen LogP) is 2.66. The van der Waals surface area contributed by atoms with E-state index in [2.05, 4.69) is 10.2 Å².